The number of anilines is 1. The van der Waals surface area contributed by atoms with E-state index >= 15 is 0 Å². The maximum atomic E-state index is 13.5. The first-order valence-corrected chi connectivity index (χ1v) is 6.34. The maximum absolute atomic E-state index is 13.5. The third-order valence-corrected chi connectivity index (χ3v) is 2.94. The molecule has 0 aliphatic carbocycles. The molecule has 0 spiro atoms. The zero-order chi connectivity index (χ0) is 14.5. The first-order valence-electron chi connectivity index (χ1n) is 5.96. The molecule has 0 radical (unpaired) electrons. The van der Waals surface area contributed by atoms with Crippen molar-refractivity contribution in [1.82, 2.24) is 0 Å². The van der Waals surface area contributed by atoms with Gasteiger partial charge in [-0.2, -0.15) is 0 Å². The van der Waals surface area contributed by atoms with Gasteiger partial charge in [0.15, 0.2) is 0 Å². The molecule has 1 amide bonds. The Morgan fingerprint density at radius 3 is 2.80 bits per heavy atom. The van der Waals surface area contributed by atoms with Crippen molar-refractivity contribution in [2.24, 2.45) is 0 Å². The molecular weight excluding hydrogens is 281 g/mol. The monoisotopic (exact) mass is 293 g/mol. The van der Waals surface area contributed by atoms with E-state index in [1.54, 1.807) is 31.4 Å². The van der Waals surface area contributed by atoms with Crippen LogP contribution in [0, 0.1) is 5.82 Å². The highest BCUT2D eigenvalue weighted by molar-refractivity contribution is 6.30. The minimum absolute atomic E-state index is 0.113. The van der Waals surface area contributed by atoms with Gasteiger partial charge in [0.2, 0.25) is 5.91 Å². The number of hydrogen-bond donors (Lipinski definition) is 1. The standard InChI is InChI=1S/C15H13ClFNO2/c1-20-12-4-2-3-10(7-12)8-15(19)18-14-6-5-11(16)9-13(14)17/h2-7,9H,8H2,1H3,(H,18,19). The molecular formula is C15H13ClFNO2. The number of methoxy groups -OCH3 is 1. The van der Waals surface area contributed by atoms with Crippen molar-refractivity contribution in [3.63, 3.8) is 0 Å². The highest BCUT2D eigenvalue weighted by Gasteiger charge is 2.08. The van der Waals surface area contributed by atoms with E-state index in [-0.39, 0.29) is 23.0 Å². The summed E-state index contributed by atoms with van der Waals surface area (Å²) in [4.78, 5) is 11.9. The summed E-state index contributed by atoms with van der Waals surface area (Å²) in [7, 11) is 1.56. The number of amides is 1. The predicted octanol–water partition coefficient (Wildman–Crippen LogP) is 3.67. The zero-order valence-corrected chi connectivity index (χ0v) is 11.6. The highest BCUT2D eigenvalue weighted by atomic mass is 35.5. The van der Waals surface area contributed by atoms with Crippen molar-refractivity contribution in [2.75, 3.05) is 12.4 Å². The smallest absolute Gasteiger partial charge is 0.228 e. The van der Waals surface area contributed by atoms with Gasteiger partial charge in [-0.15, -0.1) is 0 Å². The fourth-order valence-corrected chi connectivity index (χ4v) is 1.91. The molecule has 0 saturated heterocycles. The molecule has 104 valence electrons. The Labute approximate surface area is 121 Å². The Kier molecular flexibility index (Phi) is 4.58. The van der Waals surface area contributed by atoms with Gasteiger partial charge >= 0.3 is 0 Å². The van der Waals surface area contributed by atoms with E-state index in [9.17, 15) is 9.18 Å². The summed E-state index contributed by atoms with van der Waals surface area (Å²) in [5.74, 6) is -0.191. The predicted molar refractivity (Wildman–Crippen MR) is 76.7 cm³/mol. The lowest BCUT2D eigenvalue weighted by atomic mass is 10.1. The van der Waals surface area contributed by atoms with E-state index < -0.39 is 5.82 Å². The van der Waals surface area contributed by atoms with Crippen molar-refractivity contribution >= 4 is 23.2 Å². The van der Waals surface area contributed by atoms with E-state index in [4.69, 9.17) is 16.3 Å². The van der Waals surface area contributed by atoms with Crippen LogP contribution in [0.3, 0.4) is 0 Å². The molecule has 2 aromatic carbocycles. The van der Waals surface area contributed by atoms with Gasteiger partial charge in [0.1, 0.15) is 11.6 Å². The van der Waals surface area contributed by atoms with Gasteiger partial charge in [0.05, 0.1) is 19.2 Å². The van der Waals surface area contributed by atoms with Crippen molar-refractivity contribution in [2.45, 2.75) is 6.42 Å². The number of carbonyl (C=O) groups excluding carboxylic acids is 1. The van der Waals surface area contributed by atoms with Crippen LogP contribution < -0.4 is 10.1 Å². The van der Waals surface area contributed by atoms with E-state index in [2.05, 4.69) is 5.32 Å². The van der Waals surface area contributed by atoms with Crippen LogP contribution in [0.25, 0.3) is 0 Å². The molecule has 0 saturated carbocycles. The second-order valence-corrected chi connectivity index (χ2v) is 4.64. The van der Waals surface area contributed by atoms with Crippen LogP contribution in [0.4, 0.5) is 10.1 Å². The minimum Gasteiger partial charge on any atom is -0.497 e. The lowest BCUT2D eigenvalue weighted by Gasteiger charge is -2.07. The number of carbonyl (C=O) groups is 1. The molecule has 2 rings (SSSR count). The van der Waals surface area contributed by atoms with Gasteiger partial charge in [-0.05, 0) is 35.9 Å². The van der Waals surface area contributed by atoms with Crippen LogP contribution in [0.1, 0.15) is 5.56 Å². The molecule has 0 aromatic heterocycles. The first kappa shape index (κ1) is 14.3. The van der Waals surface area contributed by atoms with Gasteiger partial charge in [0, 0.05) is 5.02 Å². The Bertz CT molecular complexity index is 631. The van der Waals surface area contributed by atoms with Gasteiger partial charge in [-0.25, -0.2) is 4.39 Å². The summed E-state index contributed by atoms with van der Waals surface area (Å²) in [5, 5.41) is 2.80. The quantitative estimate of drug-likeness (QED) is 0.934. The normalized spacial score (nSPS) is 10.2. The van der Waals surface area contributed by atoms with Crippen molar-refractivity contribution in [3.05, 3.63) is 58.9 Å². The average molecular weight is 294 g/mol. The summed E-state index contributed by atoms with van der Waals surface area (Å²) >= 11 is 5.65. The fourth-order valence-electron chi connectivity index (χ4n) is 1.75. The molecule has 2 aromatic rings. The SMILES string of the molecule is COc1cccc(CC(=O)Nc2ccc(Cl)cc2F)c1. The van der Waals surface area contributed by atoms with Gasteiger partial charge in [-0.1, -0.05) is 23.7 Å². The zero-order valence-electron chi connectivity index (χ0n) is 10.8. The Morgan fingerprint density at radius 2 is 2.10 bits per heavy atom. The summed E-state index contributed by atoms with van der Waals surface area (Å²) in [6.07, 6.45) is 0.138. The van der Waals surface area contributed by atoms with E-state index in [0.29, 0.717) is 5.75 Å². The summed E-state index contributed by atoms with van der Waals surface area (Å²) in [6, 6.07) is 11.3. The van der Waals surface area contributed by atoms with Crippen molar-refractivity contribution in [1.29, 1.82) is 0 Å². The summed E-state index contributed by atoms with van der Waals surface area (Å²) in [5.41, 5.74) is 0.901. The summed E-state index contributed by atoms with van der Waals surface area (Å²) in [6.45, 7) is 0. The fraction of sp³-hybridized carbons (Fsp3) is 0.133. The van der Waals surface area contributed by atoms with Crippen LogP contribution in [-0.4, -0.2) is 13.0 Å². The summed E-state index contributed by atoms with van der Waals surface area (Å²) < 4.78 is 18.6. The molecule has 0 atom stereocenters. The Balaban J connectivity index is 2.05. The second kappa shape index (κ2) is 6.39. The van der Waals surface area contributed by atoms with E-state index in [0.717, 1.165) is 11.6 Å². The average Bonchev–Trinajstić information content (AvgIpc) is 2.42. The molecule has 3 nitrogen and oxygen atoms in total. The Morgan fingerprint density at radius 1 is 1.30 bits per heavy atom. The molecule has 0 heterocycles. The number of halogens is 2. The van der Waals surface area contributed by atoms with Crippen LogP contribution in [0.5, 0.6) is 5.75 Å². The molecule has 1 N–H and O–H groups in total. The third-order valence-electron chi connectivity index (χ3n) is 2.70. The second-order valence-electron chi connectivity index (χ2n) is 4.20. The van der Waals surface area contributed by atoms with E-state index in [1.807, 2.05) is 0 Å². The molecule has 0 aliphatic heterocycles. The molecule has 20 heavy (non-hydrogen) atoms. The van der Waals surface area contributed by atoms with Gasteiger partial charge in [0.25, 0.3) is 0 Å². The van der Waals surface area contributed by atoms with Crippen molar-refractivity contribution in [3.8, 4) is 5.75 Å². The number of rotatable bonds is 4. The molecule has 0 unspecified atom stereocenters. The van der Waals surface area contributed by atoms with E-state index in [1.165, 1.54) is 12.1 Å². The molecule has 0 aliphatic rings. The third kappa shape index (κ3) is 3.71. The number of hydrogen-bond acceptors (Lipinski definition) is 2. The van der Waals surface area contributed by atoms with Crippen LogP contribution in [0.15, 0.2) is 42.5 Å². The largest absolute Gasteiger partial charge is 0.497 e. The number of benzene rings is 2. The number of nitrogens with one attached hydrogen (secondary N) is 1. The van der Waals surface area contributed by atoms with Crippen molar-refractivity contribution < 1.29 is 13.9 Å². The topological polar surface area (TPSA) is 38.3 Å². The number of ether oxygens (including phenoxy) is 1. The van der Waals surface area contributed by atoms with Crippen LogP contribution in [-0.2, 0) is 11.2 Å². The van der Waals surface area contributed by atoms with Gasteiger partial charge in [-0.3, -0.25) is 4.79 Å². The lowest BCUT2D eigenvalue weighted by Crippen LogP contribution is -2.15. The maximum Gasteiger partial charge on any atom is 0.228 e. The Hall–Kier alpha value is -2.07. The molecule has 5 heteroatoms. The van der Waals surface area contributed by atoms with Crippen LogP contribution in [0.2, 0.25) is 5.02 Å². The van der Waals surface area contributed by atoms with Gasteiger partial charge < -0.3 is 10.1 Å². The molecule has 0 bridgehead atoms. The van der Waals surface area contributed by atoms with Crippen LogP contribution >= 0.6 is 11.6 Å². The molecule has 0 fully saturated rings. The lowest BCUT2D eigenvalue weighted by molar-refractivity contribution is -0.115. The highest BCUT2D eigenvalue weighted by Crippen LogP contribution is 2.19. The minimum atomic E-state index is -0.559. The first-order chi connectivity index (χ1) is 9.58.